The summed E-state index contributed by atoms with van der Waals surface area (Å²) in [6.07, 6.45) is 104. The van der Waals surface area contributed by atoms with Crippen LogP contribution in [-0.4, -0.2) is 36.4 Å². The molecule has 0 aliphatic rings. The fourth-order valence-electron chi connectivity index (χ4n) is 8.08. The second-order valence-electron chi connectivity index (χ2n) is 20.0. The number of aliphatic hydroxyl groups excluding tert-OH is 1. The van der Waals surface area contributed by atoms with Gasteiger partial charge in [0.15, 0.2) is 6.10 Å². The number of carbonyl (C=O) groups excluding carboxylic acids is 2. The van der Waals surface area contributed by atoms with Gasteiger partial charge in [0.2, 0.25) is 0 Å². The molecule has 0 aromatic rings. The molecule has 1 unspecified atom stereocenters. The number of carbonyl (C=O) groups is 2. The predicted octanol–water partition coefficient (Wildman–Crippen LogP) is 21.9. The summed E-state index contributed by atoms with van der Waals surface area (Å²) in [6.45, 7) is 3.89. The maximum absolute atomic E-state index is 12.3. The molecular weight excluding hydrogens is 957 g/mol. The van der Waals surface area contributed by atoms with E-state index in [2.05, 4.69) is 196 Å². The third-order valence-electron chi connectivity index (χ3n) is 12.7. The Balaban J connectivity index is 3.63. The van der Waals surface area contributed by atoms with Crippen molar-refractivity contribution in [1.82, 2.24) is 0 Å². The fourth-order valence-corrected chi connectivity index (χ4v) is 8.08. The number of aliphatic hydroxyl groups is 1. The van der Waals surface area contributed by atoms with Crippen LogP contribution in [0.4, 0.5) is 0 Å². The van der Waals surface area contributed by atoms with Gasteiger partial charge in [-0.3, -0.25) is 9.59 Å². The lowest BCUT2D eigenvalue weighted by molar-refractivity contribution is -0.161. The van der Waals surface area contributed by atoms with Gasteiger partial charge in [0, 0.05) is 12.8 Å². The summed E-state index contributed by atoms with van der Waals surface area (Å²) in [5.41, 5.74) is 0. The Labute approximate surface area is 480 Å². The molecule has 0 fully saturated rings. The van der Waals surface area contributed by atoms with Crippen molar-refractivity contribution >= 4 is 11.9 Å². The van der Waals surface area contributed by atoms with Gasteiger partial charge in [-0.25, -0.2) is 0 Å². The van der Waals surface area contributed by atoms with Gasteiger partial charge in [-0.15, -0.1) is 0 Å². The van der Waals surface area contributed by atoms with Gasteiger partial charge in [-0.05, 0) is 135 Å². The van der Waals surface area contributed by atoms with Crippen LogP contribution in [-0.2, 0) is 19.1 Å². The van der Waals surface area contributed by atoms with E-state index in [9.17, 15) is 14.7 Å². The van der Waals surface area contributed by atoms with E-state index < -0.39 is 6.10 Å². The molecule has 0 spiro atoms. The summed E-state index contributed by atoms with van der Waals surface area (Å²) in [6, 6.07) is 0. The maximum Gasteiger partial charge on any atom is 0.306 e. The molecule has 78 heavy (non-hydrogen) atoms. The molecule has 5 nitrogen and oxygen atoms in total. The zero-order chi connectivity index (χ0) is 56.2. The maximum atomic E-state index is 12.3. The lowest BCUT2D eigenvalue weighted by atomic mass is 10.0. The number of allylic oxidation sites excluding steroid dienone is 30. The summed E-state index contributed by atoms with van der Waals surface area (Å²) >= 11 is 0. The highest BCUT2D eigenvalue weighted by Crippen LogP contribution is 2.15. The van der Waals surface area contributed by atoms with Gasteiger partial charge in [-0.2, -0.15) is 0 Å². The summed E-state index contributed by atoms with van der Waals surface area (Å²) in [7, 11) is 0. The first kappa shape index (κ1) is 73.0. The fraction of sp³-hybridized carbons (Fsp3) is 0.562. The van der Waals surface area contributed by atoms with E-state index in [-0.39, 0.29) is 25.2 Å². The van der Waals surface area contributed by atoms with Crippen LogP contribution in [0.5, 0.6) is 0 Å². The first-order valence-electron chi connectivity index (χ1n) is 31.3. The minimum atomic E-state index is -0.802. The monoisotopic (exact) mass is 1070 g/mol. The van der Waals surface area contributed by atoms with E-state index >= 15 is 0 Å². The van der Waals surface area contributed by atoms with Crippen LogP contribution in [0, 0.1) is 0 Å². The molecule has 0 radical (unpaired) electrons. The van der Waals surface area contributed by atoms with Gasteiger partial charge < -0.3 is 14.6 Å². The number of hydrogen-bond acceptors (Lipinski definition) is 5. The third-order valence-corrected chi connectivity index (χ3v) is 12.7. The minimum Gasteiger partial charge on any atom is -0.462 e. The summed E-state index contributed by atoms with van der Waals surface area (Å²) in [4.78, 5) is 24.6. The smallest absolute Gasteiger partial charge is 0.306 e. The molecule has 0 amide bonds. The lowest BCUT2D eigenvalue weighted by Gasteiger charge is -2.15. The summed E-state index contributed by atoms with van der Waals surface area (Å²) in [5.74, 6) is -0.632. The van der Waals surface area contributed by atoms with Gasteiger partial charge in [-0.1, -0.05) is 280 Å². The van der Waals surface area contributed by atoms with E-state index in [1.165, 1.54) is 70.6 Å². The Bertz CT molecular complexity index is 1780. The highest BCUT2D eigenvalue weighted by molar-refractivity contribution is 5.70. The standard InChI is InChI=1S/C73H114O5/c1-3-5-7-9-11-13-15-17-19-21-23-25-27-29-31-33-34-35-36-37-38-40-42-44-46-48-50-52-54-56-58-60-62-64-66-68-73(76)78-71(69-74)70-77-72(75)67-65-63-61-59-57-55-53-51-49-47-45-43-41-39-32-30-28-26-24-22-20-18-16-14-12-10-8-6-4-2/h5-8,11-14,17-20,23-26,29-32,34-35,37-38,42,44,48,50,54,56,71,74H,3-4,9-10,15-16,21-22,27-28,33,36,39-41,43,45-47,49,51-53,55,57-70H2,1-2H3/b7-5-,8-6-,13-11-,14-12-,19-17-,20-18-,25-23-,26-24-,31-29-,32-30-,35-34-,38-37-,44-42-,50-48-,56-54-. The largest absolute Gasteiger partial charge is 0.462 e. The first-order chi connectivity index (χ1) is 38.6. The zero-order valence-corrected chi connectivity index (χ0v) is 49.8. The predicted molar refractivity (Wildman–Crippen MR) is 343 cm³/mol. The van der Waals surface area contributed by atoms with Crippen molar-refractivity contribution in [3.63, 3.8) is 0 Å². The number of hydrogen-bond donors (Lipinski definition) is 1. The topological polar surface area (TPSA) is 72.8 Å². The Morgan fingerprint density at radius 2 is 0.513 bits per heavy atom. The van der Waals surface area contributed by atoms with Gasteiger partial charge in [0.1, 0.15) is 6.61 Å². The number of rotatable bonds is 55. The van der Waals surface area contributed by atoms with Gasteiger partial charge in [0.25, 0.3) is 0 Å². The van der Waals surface area contributed by atoms with Gasteiger partial charge >= 0.3 is 11.9 Å². The van der Waals surface area contributed by atoms with Crippen molar-refractivity contribution in [3.05, 3.63) is 182 Å². The number of unbranched alkanes of at least 4 members (excludes halogenated alkanes) is 17. The molecule has 0 saturated carbocycles. The normalized spacial score (nSPS) is 13.5. The van der Waals surface area contributed by atoms with Crippen LogP contribution >= 0.6 is 0 Å². The lowest BCUT2D eigenvalue weighted by Crippen LogP contribution is -2.28. The van der Waals surface area contributed by atoms with Gasteiger partial charge in [0.05, 0.1) is 6.61 Å². The van der Waals surface area contributed by atoms with E-state index in [0.29, 0.717) is 12.8 Å². The average Bonchev–Trinajstić information content (AvgIpc) is 3.44. The Morgan fingerprint density at radius 1 is 0.295 bits per heavy atom. The molecule has 1 N–H and O–H groups in total. The van der Waals surface area contributed by atoms with Crippen LogP contribution in [0.15, 0.2) is 182 Å². The van der Waals surface area contributed by atoms with E-state index in [4.69, 9.17) is 9.47 Å². The molecule has 0 aliphatic carbocycles. The molecule has 0 aromatic heterocycles. The quantitative estimate of drug-likeness (QED) is 0.0373. The van der Waals surface area contributed by atoms with Crippen molar-refractivity contribution < 1.29 is 24.2 Å². The highest BCUT2D eigenvalue weighted by atomic mass is 16.6. The van der Waals surface area contributed by atoms with E-state index in [0.717, 1.165) is 148 Å². The highest BCUT2D eigenvalue weighted by Gasteiger charge is 2.16. The van der Waals surface area contributed by atoms with E-state index in [1.54, 1.807) is 0 Å². The van der Waals surface area contributed by atoms with Crippen LogP contribution < -0.4 is 0 Å². The van der Waals surface area contributed by atoms with Crippen molar-refractivity contribution in [2.45, 2.75) is 251 Å². The molecule has 1 atom stereocenters. The van der Waals surface area contributed by atoms with Crippen LogP contribution in [0.2, 0.25) is 0 Å². The SMILES string of the molecule is CC/C=C\C/C=C\C/C=C\C/C=C\C/C=C\C/C=C\C/C=C\C/C=C\C/C=C\C/C=C\CCCCCCC(=O)OC(CO)COC(=O)CCCCCCCCCCCCCCC/C=C\C/C=C\C/C=C\C/C=C\C/C=C\CC. The molecule has 0 heterocycles. The summed E-state index contributed by atoms with van der Waals surface area (Å²) < 4.78 is 10.7. The molecular formula is C73H114O5. The van der Waals surface area contributed by atoms with Crippen molar-refractivity contribution in [2.24, 2.45) is 0 Å². The van der Waals surface area contributed by atoms with Crippen molar-refractivity contribution in [3.8, 4) is 0 Å². The molecule has 5 heteroatoms. The minimum absolute atomic E-state index is 0.0885. The molecule has 0 saturated heterocycles. The molecule has 0 aliphatic heterocycles. The Hall–Kier alpha value is -5.00. The Kier molecular flexibility index (Phi) is 62.0. The van der Waals surface area contributed by atoms with E-state index in [1.807, 2.05) is 0 Å². The second kappa shape index (κ2) is 66.3. The summed E-state index contributed by atoms with van der Waals surface area (Å²) in [5, 5.41) is 9.68. The number of ether oxygens (including phenoxy) is 2. The third kappa shape index (κ3) is 63.5. The average molecular weight is 1070 g/mol. The molecule has 0 bridgehead atoms. The molecule has 0 aromatic carbocycles. The number of esters is 2. The molecule has 0 rings (SSSR count). The van der Waals surface area contributed by atoms with Crippen LogP contribution in [0.3, 0.4) is 0 Å². The molecule has 436 valence electrons. The zero-order valence-electron chi connectivity index (χ0n) is 49.8. The van der Waals surface area contributed by atoms with Crippen LogP contribution in [0.25, 0.3) is 0 Å². The first-order valence-corrected chi connectivity index (χ1v) is 31.3. The second-order valence-corrected chi connectivity index (χ2v) is 20.0. The van der Waals surface area contributed by atoms with Crippen LogP contribution in [0.1, 0.15) is 245 Å². The van der Waals surface area contributed by atoms with Crippen molar-refractivity contribution in [1.29, 1.82) is 0 Å². The Morgan fingerprint density at radius 3 is 0.769 bits per heavy atom. The van der Waals surface area contributed by atoms with Crippen molar-refractivity contribution in [2.75, 3.05) is 13.2 Å².